The van der Waals surface area contributed by atoms with Crippen molar-refractivity contribution in [2.45, 2.75) is 70.9 Å². The summed E-state index contributed by atoms with van der Waals surface area (Å²) in [4.78, 5) is 34.1. The van der Waals surface area contributed by atoms with Gasteiger partial charge in [-0.2, -0.15) is 0 Å². The maximum absolute atomic E-state index is 13.4. The van der Waals surface area contributed by atoms with E-state index in [1.807, 2.05) is 31.7 Å². The first-order valence-electron chi connectivity index (χ1n) is 14.4. The number of likely N-dealkylation sites (tertiary alicyclic amines) is 1. The zero-order valence-corrected chi connectivity index (χ0v) is 24.2. The number of amides is 1. The Hall–Kier alpha value is -3.17. The predicted octanol–water partition coefficient (Wildman–Crippen LogP) is 5.38. The maximum atomic E-state index is 13.4. The molecule has 1 saturated heterocycles. The SMILES string of the molecule is Cc1nc(-c2ncccn2)sc1C(=O)N1C[C@@H]2[C@H](C1)[C@@H]2Oc1cc(C(C)(C)N)cc(C2=CCC3(CCC3)CC2)n1. The van der Waals surface area contributed by atoms with Gasteiger partial charge in [0, 0.05) is 48.9 Å². The minimum absolute atomic E-state index is 0.0314. The summed E-state index contributed by atoms with van der Waals surface area (Å²) in [5, 5.41) is 0.674. The number of fused-ring (bicyclic) bond motifs is 1. The van der Waals surface area contributed by atoms with E-state index < -0.39 is 5.54 Å². The minimum atomic E-state index is -0.487. The van der Waals surface area contributed by atoms with E-state index in [1.54, 1.807) is 18.5 Å². The van der Waals surface area contributed by atoms with Gasteiger partial charge >= 0.3 is 0 Å². The van der Waals surface area contributed by atoms with Crippen LogP contribution in [0.1, 0.15) is 79.0 Å². The molecule has 8 nitrogen and oxygen atoms in total. The van der Waals surface area contributed by atoms with Crippen molar-refractivity contribution in [1.82, 2.24) is 24.8 Å². The lowest BCUT2D eigenvalue weighted by Gasteiger charge is -2.44. The van der Waals surface area contributed by atoms with Crippen molar-refractivity contribution in [2.75, 3.05) is 13.1 Å². The number of hydrogen-bond donors (Lipinski definition) is 1. The van der Waals surface area contributed by atoms with Gasteiger partial charge in [-0.05, 0) is 81.6 Å². The number of nitrogens with zero attached hydrogens (tertiary/aromatic N) is 5. The number of aryl methyl sites for hydroxylation is 1. The standard InChI is InChI=1S/C31H36N6O2S/c1-18-26(40-28(35-18)27-33-12-5-13-34-27)29(38)37-16-21-22(17-37)25(21)39-24-15-20(30(2,3)32)14-23(36-24)19-6-10-31(11-7-19)8-4-9-31/h5-6,12-15,21-22,25H,4,7-11,16-17,32H2,1-3H3/t21-,22+,25-. The van der Waals surface area contributed by atoms with Gasteiger partial charge in [0.15, 0.2) is 10.8 Å². The molecule has 208 valence electrons. The molecule has 9 heteroatoms. The molecular weight excluding hydrogens is 520 g/mol. The molecule has 4 aliphatic rings. The van der Waals surface area contributed by atoms with Crippen LogP contribution in [0.3, 0.4) is 0 Å². The number of pyridine rings is 1. The Morgan fingerprint density at radius 2 is 1.88 bits per heavy atom. The van der Waals surface area contributed by atoms with Crippen LogP contribution >= 0.6 is 11.3 Å². The highest BCUT2D eigenvalue weighted by Gasteiger charge is 2.59. The van der Waals surface area contributed by atoms with E-state index in [0.29, 0.717) is 51.9 Å². The van der Waals surface area contributed by atoms with Crippen LogP contribution in [0.4, 0.5) is 0 Å². The summed E-state index contributed by atoms with van der Waals surface area (Å²) in [5.74, 6) is 1.87. The van der Waals surface area contributed by atoms with Crippen LogP contribution in [0.2, 0.25) is 0 Å². The van der Waals surface area contributed by atoms with Gasteiger partial charge in [0.2, 0.25) is 5.88 Å². The van der Waals surface area contributed by atoms with Crippen molar-refractivity contribution >= 4 is 22.8 Å². The third-order valence-electron chi connectivity index (χ3n) is 9.40. The normalized spacial score (nSPS) is 24.9. The first-order chi connectivity index (χ1) is 19.2. The molecule has 1 amide bonds. The Kier molecular flexibility index (Phi) is 6.09. The molecular formula is C31H36N6O2S. The molecule has 0 unspecified atom stereocenters. The number of ether oxygens (including phenoxy) is 1. The second kappa shape index (κ2) is 9.45. The average Bonchev–Trinajstić information content (AvgIpc) is 3.24. The second-order valence-corrected chi connectivity index (χ2v) is 13.7. The van der Waals surface area contributed by atoms with E-state index in [-0.39, 0.29) is 12.0 Å². The van der Waals surface area contributed by atoms with Gasteiger partial charge in [-0.1, -0.05) is 12.5 Å². The number of rotatable bonds is 6. The molecule has 0 aromatic carbocycles. The lowest BCUT2D eigenvalue weighted by Crippen LogP contribution is -2.33. The van der Waals surface area contributed by atoms with E-state index in [1.165, 1.54) is 42.6 Å². The van der Waals surface area contributed by atoms with Crippen molar-refractivity contribution in [3.8, 4) is 16.7 Å². The summed E-state index contributed by atoms with van der Waals surface area (Å²) in [7, 11) is 0. The monoisotopic (exact) mass is 556 g/mol. The van der Waals surface area contributed by atoms with Crippen LogP contribution in [-0.4, -0.2) is 49.9 Å². The summed E-state index contributed by atoms with van der Waals surface area (Å²) in [6, 6.07) is 5.93. The van der Waals surface area contributed by atoms with Crippen molar-refractivity contribution < 1.29 is 9.53 Å². The van der Waals surface area contributed by atoms with Crippen molar-refractivity contribution in [3.05, 3.63) is 58.5 Å². The van der Waals surface area contributed by atoms with Crippen LogP contribution in [0.15, 0.2) is 36.7 Å². The van der Waals surface area contributed by atoms with Crippen molar-refractivity contribution in [1.29, 1.82) is 0 Å². The number of thiazole rings is 1. The third-order valence-corrected chi connectivity index (χ3v) is 10.5. The predicted molar refractivity (Wildman–Crippen MR) is 155 cm³/mol. The molecule has 0 radical (unpaired) electrons. The number of hydrogen-bond acceptors (Lipinski definition) is 8. The number of carbonyl (C=O) groups excluding carboxylic acids is 1. The number of allylic oxidation sites excluding steroid dienone is 2. The first-order valence-corrected chi connectivity index (χ1v) is 15.2. The topological polar surface area (TPSA) is 107 Å². The summed E-state index contributed by atoms with van der Waals surface area (Å²) < 4.78 is 6.49. The lowest BCUT2D eigenvalue weighted by atomic mass is 9.61. The Balaban J connectivity index is 1.04. The summed E-state index contributed by atoms with van der Waals surface area (Å²) >= 11 is 1.37. The molecule has 1 spiro atoms. The van der Waals surface area contributed by atoms with Gasteiger partial charge in [-0.3, -0.25) is 4.79 Å². The zero-order chi connectivity index (χ0) is 27.6. The van der Waals surface area contributed by atoms with Gasteiger partial charge in [-0.25, -0.2) is 19.9 Å². The Morgan fingerprint density at radius 1 is 1.12 bits per heavy atom. The largest absolute Gasteiger partial charge is 0.474 e. The molecule has 1 aliphatic heterocycles. The van der Waals surface area contributed by atoms with E-state index in [9.17, 15) is 4.79 Å². The van der Waals surface area contributed by atoms with Gasteiger partial charge < -0.3 is 15.4 Å². The van der Waals surface area contributed by atoms with Crippen LogP contribution < -0.4 is 10.5 Å². The molecule has 3 fully saturated rings. The first kappa shape index (κ1) is 25.8. The molecule has 0 bridgehead atoms. The Bertz CT molecular complexity index is 1480. The third kappa shape index (κ3) is 4.63. The summed E-state index contributed by atoms with van der Waals surface area (Å²) in [6.07, 6.45) is 13.4. The maximum Gasteiger partial charge on any atom is 0.265 e. The van der Waals surface area contributed by atoms with Gasteiger partial charge in [-0.15, -0.1) is 11.3 Å². The number of carbonyl (C=O) groups is 1. The van der Waals surface area contributed by atoms with Crippen molar-refractivity contribution in [2.24, 2.45) is 23.0 Å². The molecule has 4 heterocycles. The van der Waals surface area contributed by atoms with Gasteiger partial charge in [0.05, 0.1) is 11.4 Å². The quantitative estimate of drug-likeness (QED) is 0.434. The van der Waals surface area contributed by atoms with E-state index in [2.05, 4.69) is 27.1 Å². The smallest absolute Gasteiger partial charge is 0.265 e. The summed E-state index contributed by atoms with van der Waals surface area (Å²) in [6.45, 7) is 7.30. The molecule has 3 atom stereocenters. The fourth-order valence-corrected chi connectivity index (χ4v) is 7.59. The lowest BCUT2D eigenvalue weighted by molar-refractivity contribution is 0.0755. The molecule has 3 aliphatic carbocycles. The van der Waals surface area contributed by atoms with Gasteiger partial charge in [0.1, 0.15) is 11.0 Å². The van der Waals surface area contributed by atoms with E-state index in [4.69, 9.17) is 15.5 Å². The molecule has 40 heavy (non-hydrogen) atoms. The Labute approximate surface area is 239 Å². The molecule has 2 N–H and O–H groups in total. The van der Waals surface area contributed by atoms with E-state index >= 15 is 0 Å². The highest BCUT2D eigenvalue weighted by atomic mass is 32.1. The number of piperidine rings is 1. The summed E-state index contributed by atoms with van der Waals surface area (Å²) in [5.41, 5.74) is 10.7. The zero-order valence-electron chi connectivity index (χ0n) is 23.4. The average molecular weight is 557 g/mol. The van der Waals surface area contributed by atoms with Crippen LogP contribution in [0, 0.1) is 24.2 Å². The molecule has 3 aromatic heterocycles. The number of nitrogens with two attached hydrogens (primary N) is 1. The fraction of sp³-hybridized carbons (Fsp3) is 0.516. The van der Waals surface area contributed by atoms with Crippen molar-refractivity contribution in [3.63, 3.8) is 0 Å². The fourth-order valence-electron chi connectivity index (χ4n) is 6.60. The molecule has 2 saturated carbocycles. The second-order valence-electron chi connectivity index (χ2n) is 12.7. The van der Waals surface area contributed by atoms with Crippen LogP contribution in [-0.2, 0) is 5.54 Å². The highest BCUT2D eigenvalue weighted by Crippen LogP contribution is 2.52. The van der Waals surface area contributed by atoms with Gasteiger partial charge in [0.25, 0.3) is 5.91 Å². The minimum Gasteiger partial charge on any atom is -0.474 e. The highest BCUT2D eigenvalue weighted by molar-refractivity contribution is 7.17. The van der Waals surface area contributed by atoms with Crippen LogP contribution in [0.25, 0.3) is 16.4 Å². The van der Waals surface area contributed by atoms with E-state index in [0.717, 1.165) is 29.8 Å². The molecule has 3 aromatic rings. The van der Waals surface area contributed by atoms with Crippen LogP contribution in [0.5, 0.6) is 5.88 Å². The Morgan fingerprint density at radius 3 is 2.50 bits per heavy atom. The number of aromatic nitrogens is 4. The molecule has 7 rings (SSSR count).